The number of rotatable bonds is 6. The highest BCUT2D eigenvalue weighted by atomic mass is 79.9. The van der Waals surface area contributed by atoms with Gasteiger partial charge in [0.1, 0.15) is 11.2 Å². The van der Waals surface area contributed by atoms with Crippen molar-refractivity contribution >= 4 is 49.9 Å². The maximum atomic E-state index is 13.9. The zero-order valence-corrected chi connectivity index (χ0v) is 21.8. The standard InChI is InChI=1S/C27H24BrN5O4/c1-4-21(34)29-18-6-5-7-20(14-18)32-23-15(2)25(35)31(3)24(30-17-10-8-16(28)9-11-17)22(23)26(36)33(27(32)37)19-12-13-19/h4-11,14,19,30H,1,12-13H2,2-3H3,(H,29,34). The fourth-order valence-corrected chi connectivity index (χ4v) is 4.71. The fourth-order valence-electron chi connectivity index (χ4n) is 4.44. The molecule has 1 aliphatic carbocycles. The number of carbonyl (C=O) groups is 1. The molecular formula is C27H24BrN5O4. The molecule has 0 radical (unpaired) electrons. The van der Waals surface area contributed by atoms with Crippen LogP contribution in [-0.2, 0) is 11.8 Å². The van der Waals surface area contributed by atoms with Gasteiger partial charge in [-0.3, -0.25) is 28.1 Å². The topological polar surface area (TPSA) is 107 Å². The number of amides is 1. The highest BCUT2D eigenvalue weighted by molar-refractivity contribution is 9.10. The van der Waals surface area contributed by atoms with E-state index in [1.54, 1.807) is 38.2 Å². The molecule has 1 aliphatic rings. The van der Waals surface area contributed by atoms with Gasteiger partial charge in [0.15, 0.2) is 0 Å². The summed E-state index contributed by atoms with van der Waals surface area (Å²) in [4.78, 5) is 52.9. The van der Waals surface area contributed by atoms with Gasteiger partial charge in [0.05, 0.1) is 11.2 Å². The van der Waals surface area contributed by atoms with Crippen molar-refractivity contribution in [1.29, 1.82) is 0 Å². The van der Waals surface area contributed by atoms with Crippen molar-refractivity contribution in [3.8, 4) is 5.69 Å². The Hall–Kier alpha value is -4.18. The third kappa shape index (κ3) is 4.33. The summed E-state index contributed by atoms with van der Waals surface area (Å²) in [6, 6.07) is 13.8. The lowest BCUT2D eigenvalue weighted by Gasteiger charge is -2.20. The summed E-state index contributed by atoms with van der Waals surface area (Å²) in [7, 11) is 1.59. The number of aromatic nitrogens is 3. The molecule has 10 heteroatoms. The third-order valence-electron chi connectivity index (χ3n) is 6.42. The van der Waals surface area contributed by atoms with E-state index in [2.05, 4.69) is 33.1 Å². The summed E-state index contributed by atoms with van der Waals surface area (Å²) >= 11 is 3.41. The smallest absolute Gasteiger partial charge is 0.336 e. The van der Waals surface area contributed by atoms with E-state index in [0.29, 0.717) is 17.1 Å². The molecule has 0 aliphatic heterocycles. The normalized spacial score (nSPS) is 12.9. The number of nitrogens with one attached hydrogen (secondary N) is 2. The van der Waals surface area contributed by atoms with Crippen LogP contribution in [0.25, 0.3) is 16.6 Å². The Balaban J connectivity index is 1.87. The Kier molecular flexibility index (Phi) is 6.20. The van der Waals surface area contributed by atoms with Crippen LogP contribution in [0, 0.1) is 6.92 Å². The van der Waals surface area contributed by atoms with Gasteiger partial charge >= 0.3 is 5.69 Å². The molecule has 0 bridgehead atoms. The van der Waals surface area contributed by atoms with Crippen LogP contribution in [-0.4, -0.2) is 19.6 Å². The second-order valence-electron chi connectivity index (χ2n) is 8.96. The molecule has 5 rings (SSSR count). The van der Waals surface area contributed by atoms with Crippen molar-refractivity contribution in [2.45, 2.75) is 25.8 Å². The zero-order valence-electron chi connectivity index (χ0n) is 20.2. The van der Waals surface area contributed by atoms with E-state index in [4.69, 9.17) is 0 Å². The quantitative estimate of drug-likeness (QED) is 0.344. The number of pyridine rings is 1. The number of carbonyl (C=O) groups excluding carboxylic acids is 1. The highest BCUT2D eigenvalue weighted by Gasteiger charge is 2.31. The first-order valence-corrected chi connectivity index (χ1v) is 12.5. The first-order chi connectivity index (χ1) is 17.7. The molecular weight excluding hydrogens is 538 g/mol. The van der Waals surface area contributed by atoms with Gasteiger partial charge in [-0.25, -0.2) is 4.79 Å². The predicted octanol–water partition coefficient (Wildman–Crippen LogP) is 4.13. The number of nitrogens with zero attached hydrogens (tertiary/aromatic N) is 3. The minimum absolute atomic E-state index is 0.211. The van der Waals surface area contributed by atoms with Crippen LogP contribution < -0.4 is 27.4 Å². The lowest BCUT2D eigenvalue weighted by Crippen LogP contribution is -2.41. The lowest BCUT2D eigenvalue weighted by atomic mass is 10.1. The van der Waals surface area contributed by atoms with Crippen LogP contribution in [0.3, 0.4) is 0 Å². The molecule has 9 nitrogen and oxygen atoms in total. The molecule has 37 heavy (non-hydrogen) atoms. The van der Waals surface area contributed by atoms with Crippen molar-refractivity contribution in [1.82, 2.24) is 13.7 Å². The molecule has 1 saturated carbocycles. The van der Waals surface area contributed by atoms with Crippen molar-refractivity contribution in [2.75, 3.05) is 10.6 Å². The van der Waals surface area contributed by atoms with E-state index in [-0.39, 0.29) is 33.9 Å². The van der Waals surface area contributed by atoms with Crippen LogP contribution in [0.5, 0.6) is 0 Å². The van der Waals surface area contributed by atoms with Gasteiger partial charge < -0.3 is 10.6 Å². The second-order valence-corrected chi connectivity index (χ2v) is 9.88. The first kappa shape index (κ1) is 24.5. The molecule has 1 amide bonds. The van der Waals surface area contributed by atoms with E-state index >= 15 is 0 Å². The summed E-state index contributed by atoms with van der Waals surface area (Å²) < 4.78 is 4.94. The Morgan fingerprint density at radius 2 is 1.76 bits per heavy atom. The number of anilines is 3. The maximum Gasteiger partial charge on any atom is 0.336 e. The molecule has 2 heterocycles. The summed E-state index contributed by atoms with van der Waals surface area (Å²) in [5.41, 5.74) is 0.691. The van der Waals surface area contributed by atoms with Crippen molar-refractivity contribution in [2.24, 2.45) is 7.05 Å². The van der Waals surface area contributed by atoms with Gasteiger partial charge in [-0.2, -0.15) is 0 Å². The van der Waals surface area contributed by atoms with Crippen molar-refractivity contribution < 1.29 is 4.79 Å². The summed E-state index contributed by atoms with van der Waals surface area (Å²) in [5.74, 6) is -0.111. The number of halogens is 1. The van der Waals surface area contributed by atoms with Gasteiger partial charge in [0, 0.05) is 34.5 Å². The molecule has 2 aromatic carbocycles. The number of hydrogen-bond acceptors (Lipinski definition) is 5. The third-order valence-corrected chi connectivity index (χ3v) is 6.95. The number of aryl methyl sites for hydroxylation is 1. The van der Waals surface area contributed by atoms with Gasteiger partial charge in [-0.05, 0) is 68.3 Å². The minimum Gasteiger partial charge on any atom is -0.341 e. The predicted molar refractivity (Wildman–Crippen MR) is 148 cm³/mol. The van der Waals surface area contributed by atoms with E-state index in [1.807, 2.05) is 24.3 Å². The Morgan fingerprint density at radius 1 is 1.05 bits per heavy atom. The van der Waals surface area contributed by atoms with Gasteiger partial charge in [-0.1, -0.05) is 28.6 Å². The highest BCUT2D eigenvalue weighted by Crippen LogP contribution is 2.34. The molecule has 1 fully saturated rings. The Labute approximate surface area is 219 Å². The number of hydrogen-bond donors (Lipinski definition) is 2. The monoisotopic (exact) mass is 561 g/mol. The molecule has 0 saturated heterocycles. The van der Waals surface area contributed by atoms with E-state index in [9.17, 15) is 19.2 Å². The average molecular weight is 562 g/mol. The number of fused-ring (bicyclic) bond motifs is 1. The van der Waals surface area contributed by atoms with E-state index in [0.717, 1.165) is 23.4 Å². The molecule has 2 aromatic heterocycles. The Bertz CT molecular complexity index is 1760. The SMILES string of the molecule is C=CC(=O)Nc1cccc(-n2c(=O)n(C3CC3)c(=O)c3c(Nc4ccc(Br)cc4)n(C)c(=O)c(C)c32)c1. The lowest BCUT2D eigenvalue weighted by molar-refractivity contribution is -0.111. The van der Waals surface area contributed by atoms with Crippen molar-refractivity contribution in [3.63, 3.8) is 0 Å². The van der Waals surface area contributed by atoms with E-state index < -0.39 is 17.2 Å². The fraction of sp³-hybridized carbons (Fsp3) is 0.185. The average Bonchev–Trinajstić information content (AvgIpc) is 3.72. The van der Waals surface area contributed by atoms with Crippen LogP contribution in [0.15, 0.2) is 80.0 Å². The van der Waals surface area contributed by atoms with Gasteiger partial charge in [0.25, 0.3) is 11.1 Å². The largest absolute Gasteiger partial charge is 0.341 e. The minimum atomic E-state index is -0.529. The first-order valence-electron chi connectivity index (χ1n) is 11.7. The van der Waals surface area contributed by atoms with Gasteiger partial charge in [0.2, 0.25) is 5.91 Å². The van der Waals surface area contributed by atoms with Gasteiger partial charge in [-0.15, -0.1) is 0 Å². The van der Waals surface area contributed by atoms with E-state index in [1.165, 1.54) is 13.7 Å². The maximum absolute atomic E-state index is 13.9. The molecule has 188 valence electrons. The zero-order chi connectivity index (χ0) is 26.4. The molecule has 0 atom stereocenters. The molecule has 0 unspecified atom stereocenters. The summed E-state index contributed by atoms with van der Waals surface area (Å²) in [5, 5.41) is 6.15. The molecule has 4 aromatic rings. The van der Waals surface area contributed by atoms with Crippen LogP contribution in [0.1, 0.15) is 24.4 Å². The van der Waals surface area contributed by atoms with Crippen LogP contribution in [0.4, 0.5) is 17.2 Å². The Morgan fingerprint density at radius 3 is 2.41 bits per heavy atom. The molecule has 2 N–H and O–H groups in total. The number of benzene rings is 2. The summed E-state index contributed by atoms with van der Waals surface area (Å²) in [6.07, 6.45) is 2.59. The summed E-state index contributed by atoms with van der Waals surface area (Å²) in [6.45, 7) is 5.07. The van der Waals surface area contributed by atoms with Crippen LogP contribution in [0.2, 0.25) is 0 Å². The van der Waals surface area contributed by atoms with Crippen molar-refractivity contribution in [3.05, 3.63) is 102 Å². The van der Waals surface area contributed by atoms with Crippen LogP contribution >= 0.6 is 15.9 Å². The molecule has 0 spiro atoms. The second kappa shape index (κ2) is 9.36.